The fourth-order valence-corrected chi connectivity index (χ4v) is 3.32. The predicted octanol–water partition coefficient (Wildman–Crippen LogP) is 4.28. The first-order chi connectivity index (χ1) is 10.7. The summed E-state index contributed by atoms with van der Waals surface area (Å²) in [4.78, 5) is 14.8. The van der Waals surface area contributed by atoms with E-state index in [-0.39, 0.29) is 11.9 Å². The molecule has 0 radical (unpaired) electrons. The van der Waals surface area contributed by atoms with Gasteiger partial charge in [-0.1, -0.05) is 12.1 Å². The summed E-state index contributed by atoms with van der Waals surface area (Å²) in [7, 11) is 1.67. The van der Waals surface area contributed by atoms with Crippen molar-refractivity contribution in [3.63, 3.8) is 0 Å². The Bertz CT molecular complexity index is 669. The third kappa shape index (κ3) is 3.11. The van der Waals surface area contributed by atoms with Gasteiger partial charge in [-0.3, -0.25) is 4.79 Å². The van der Waals surface area contributed by atoms with Crippen LogP contribution in [0.25, 0.3) is 0 Å². The van der Waals surface area contributed by atoms with Crippen LogP contribution < -0.4 is 4.74 Å². The molecule has 0 spiro atoms. The minimum Gasteiger partial charge on any atom is -0.497 e. The van der Waals surface area contributed by atoms with E-state index >= 15 is 0 Å². The van der Waals surface area contributed by atoms with E-state index in [1.165, 1.54) is 0 Å². The van der Waals surface area contributed by atoms with Gasteiger partial charge in [-0.15, -0.1) is 0 Å². The monoisotopic (exact) mass is 407 g/mol. The van der Waals surface area contributed by atoms with E-state index < -0.39 is 0 Å². The molecule has 4 heteroatoms. The molecule has 114 valence electrons. The maximum absolute atomic E-state index is 12.8. The zero-order chi connectivity index (χ0) is 15.5. The molecule has 1 unspecified atom stereocenters. The van der Waals surface area contributed by atoms with Gasteiger partial charge in [0.2, 0.25) is 0 Å². The summed E-state index contributed by atoms with van der Waals surface area (Å²) in [5, 5.41) is 0. The van der Waals surface area contributed by atoms with Crippen molar-refractivity contribution in [2.45, 2.75) is 18.9 Å². The number of carbonyl (C=O) groups is 1. The lowest BCUT2D eigenvalue weighted by Crippen LogP contribution is -2.30. The van der Waals surface area contributed by atoms with Gasteiger partial charge in [0, 0.05) is 15.7 Å². The van der Waals surface area contributed by atoms with Gasteiger partial charge >= 0.3 is 0 Å². The Balaban J connectivity index is 1.86. The zero-order valence-electron chi connectivity index (χ0n) is 12.5. The van der Waals surface area contributed by atoms with Crippen LogP contribution in [-0.2, 0) is 0 Å². The minimum atomic E-state index is 0.113. The number of likely N-dealkylation sites (tertiary alicyclic amines) is 1. The molecule has 3 nitrogen and oxygen atoms in total. The van der Waals surface area contributed by atoms with Crippen LogP contribution in [0.15, 0.2) is 48.5 Å². The molecular weight excluding hydrogens is 389 g/mol. The maximum Gasteiger partial charge on any atom is 0.254 e. The van der Waals surface area contributed by atoms with E-state index in [0.717, 1.165) is 39.8 Å². The SMILES string of the molecule is COc1cccc(C2CCCN2C(=O)c2ccc(I)cc2)c1. The van der Waals surface area contributed by atoms with Crippen LogP contribution in [-0.4, -0.2) is 24.5 Å². The molecule has 1 aliphatic rings. The molecule has 1 fully saturated rings. The number of amides is 1. The van der Waals surface area contributed by atoms with Gasteiger partial charge < -0.3 is 9.64 Å². The van der Waals surface area contributed by atoms with E-state index in [9.17, 15) is 4.79 Å². The molecule has 0 saturated carbocycles. The van der Waals surface area contributed by atoms with E-state index in [4.69, 9.17) is 4.74 Å². The molecule has 1 amide bonds. The number of ether oxygens (including phenoxy) is 1. The molecule has 1 saturated heterocycles. The summed E-state index contributed by atoms with van der Waals surface area (Å²) >= 11 is 2.25. The molecule has 2 aromatic rings. The van der Waals surface area contributed by atoms with E-state index in [2.05, 4.69) is 28.7 Å². The standard InChI is InChI=1S/C18H18INO2/c1-22-16-5-2-4-14(12-16)17-6-3-11-20(17)18(21)13-7-9-15(19)10-8-13/h2,4-5,7-10,12,17H,3,6,11H2,1H3. The number of rotatable bonds is 3. The Kier molecular flexibility index (Phi) is 4.66. The van der Waals surface area contributed by atoms with Gasteiger partial charge in [-0.2, -0.15) is 0 Å². The third-order valence-electron chi connectivity index (χ3n) is 4.08. The van der Waals surface area contributed by atoms with Crippen molar-refractivity contribution in [1.29, 1.82) is 0 Å². The molecule has 0 aliphatic carbocycles. The average molecular weight is 407 g/mol. The van der Waals surface area contributed by atoms with Gasteiger partial charge in [-0.25, -0.2) is 0 Å². The highest BCUT2D eigenvalue weighted by Crippen LogP contribution is 2.34. The number of benzene rings is 2. The number of carbonyl (C=O) groups excluding carboxylic acids is 1. The number of hydrogen-bond acceptors (Lipinski definition) is 2. The summed E-state index contributed by atoms with van der Waals surface area (Å²) in [5.41, 5.74) is 1.91. The van der Waals surface area contributed by atoms with Crippen molar-refractivity contribution in [2.24, 2.45) is 0 Å². The summed E-state index contributed by atoms with van der Waals surface area (Å²) in [6, 6.07) is 15.9. The largest absolute Gasteiger partial charge is 0.497 e. The second-order valence-electron chi connectivity index (χ2n) is 5.44. The van der Waals surface area contributed by atoms with E-state index in [0.29, 0.717) is 0 Å². The van der Waals surface area contributed by atoms with Crippen LogP contribution in [0.1, 0.15) is 34.8 Å². The van der Waals surface area contributed by atoms with Crippen LogP contribution in [0.3, 0.4) is 0 Å². The Morgan fingerprint density at radius 2 is 2.00 bits per heavy atom. The molecular formula is C18H18INO2. The highest BCUT2D eigenvalue weighted by molar-refractivity contribution is 14.1. The van der Waals surface area contributed by atoms with Gasteiger partial charge in [0.05, 0.1) is 13.2 Å². The van der Waals surface area contributed by atoms with Crippen molar-refractivity contribution < 1.29 is 9.53 Å². The average Bonchev–Trinajstić information content (AvgIpc) is 3.04. The smallest absolute Gasteiger partial charge is 0.254 e. The first-order valence-corrected chi connectivity index (χ1v) is 8.47. The van der Waals surface area contributed by atoms with E-state index in [1.54, 1.807) is 7.11 Å². The zero-order valence-corrected chi connectivity index (χ0v) is 14.6. The summed E-state index contributed by atoms with van der Waals surface area (Å²) in [6.45, 7) is 0.812. The quantitative estimate of drug-likeness (QED) is 0.712. The van der Waals surface area contributed by atoms with Gasteiger partial charge in [-0.05, 0) is 77.4 Å². The molecule has 0 N–H and O–H groups in total. The normalized spacial score (nSPS) is 17.5. The molecule has 1 aliphatic heterocycles. The number of methoxy groups -OCH3 is 1. The van der Waals surface area contributed by atoms with Crippen LogP contribution in [0.4, 0.5) is 0 Å². The Morgan fingerprint density at radius 3 is 2.73 bits per heavy atom. The fraction of sp³-hybridized carbons (Fsp3) is 0.278. The van der Waals surface area contributed by atoms with Crippen LogP contribution >= 0.6 is 22.6 Å². The van der Waals surface area contributed by atoms with Crippen LogP contribution in [0.2, 0.25) is 0 Å². The highest BCUT2D eigenvalue weighted by atomic mass is 127. The molecule has 1 atom stereocenters. The van der Waals surface area contributed by atoms with Crippen molar-refractivity contribution in [3.8, 4) is 5.75 Å². The van der Waals surface area contributed by atoms with Crippen LogP contribution in [0, 0.1) is 3.57 Å². The first-order valence-electron chi connectivity index (χ1n) is 7.39. The fourth-order valence-electron chi connectivity index (χ4n) is 2.96. The van der Waals surface area contributed by atoms with Crippen molar-refractivity contribution in [3.05, 3.63) is 63.2 Å². The summed E-state index contributed by atoms with van der Waals surface area (Å²) < 4.78 is 6.44. The Hall–Kier alpha value is -1.56. The Morgan fingerprint density at radius 1 is 1.23 bits per heavy atom. The molecule has 0 aromatic heterocycles. The van der Waals surface area contributed by atoms with Crippen molar-refractivity contribution >= 4 is 28.5 Å². The molecule has 2 aromatic carbocycles. The molecule has 22 heavy (non-hydrogen) atoms. The maximum atomic E-state index is 12.8. The Labute approximate surface area is 144 Å². The second-order valence-corrected chi connectivity index (χ2v) is 6.69. The van der Waals surface area contributed by atoms with Crippen LogP contribution in [0.5, 0.6) is 5.75 Å². The molecule has 1 heterocycles. The molecule has 0 bridgehead atoms. The highest BCUT2D eigenvalue weighted by Gasteiger charge is 2.30. The van der Waals surface area contributed by atoms with Gasteiger partial charge in [0.25, 0.3) is 5.91 Å². The summed E-state index contributed by atoms with van der Waals surface area (Å²) in [5.74, 6) is 0.952. The third-order valence-corrected chi connectivity index (χ3v) is 4.80. The minimum absolute atomic E-state index is 0.113. The second kappa shape index (κ2) is 6.69. The molecule has 3 rings (SSSR count). The van der Waals surface area contributed by atoms with Gasteiger partial charge in [0.1, 0.15) is 5.75 Å². The topological polar surface area (TPSA) is 29.5 Å². The first kappa shape index (κ1) is 15.3. The lowest BCUT2D eigenvalue weighted by atomic mass is 10.0. The summed E-state index contributed by atoms with van der Waals surface area (Å²) in [6.07, 6.45) is 2.04. The lowest BCUT2D eigenvalue weighted by molar-refractivity contribution is 0.0735. The lowest BCUT2D eigenvalue weighted by Gasteiger charge is -2.25. The number of hydrogen-bond donors (Lipinski definition) is 0. The van der Waals surface area contributed by atoms with Gasteiger partial charge in [0.15, 0.2) is 0 Å². The van der Waals surface area contributed by atoms with E-state index in [1.807, 2.05) is 47.4 Å². The number of halogens is 1. The number of nitrogens with zero attached hydrogens (tertiary/aromatic N) is 1. The predicted molar refractivity (Wildman–Crippen MR) is 95.2 cm³/mol. The van der Waals surface area contributed by atoms with Crippen molar-refractivity contribution in [1.82, 2.24) is 4.90 Å². The van der Waals surface area contributed by atoms with Crippen molar-refractivity contribution in [2.75, 3.05) is 13.7 Å².